The number of esters is 1. The molecule has 1 heterocycles. The molecule has 1 atom stereocenters. The molecule has 0 amide bonds. The quantitative estimate of drug-likeness (QED) is 0.584. The number of H-pyrrole nitrogens is 1. The van der Waals surface area contributed by atoms with Gasteiger partial charge in [0.05, 0.1) is 11.5 Å². The number of hydrogen-bond acceptors (Lipinski definition) is 5. The van der Waals surface area contributed by atoms with Crippen LogP contribution in [-0.4, -0.2) is 43.1 Å². The number of nitrogens with one attached hydrogen (secondary N) is 2. The summed E-state index contributed by atoms with van der Waals surface area (Å²) in [6.45, 7) is 1.81. The molecular weight excluding hydrogens is 288 g/mol. The number of carboxylic acid groups (broad SMARTS) is 1. The Labute approximate surface area is 116 Å². The molecule has 0 aliphatic rings. The molecule has 0 saturated carbocycles. The van der Waals surface area contributed by atoms with Crippen molar-refractivity contribution in [2.75, 3.05) is 6.61 Å². The molecule has 8 nitrogen and oxygen atoms in total. The van der Waals surface area contributed by atoms with Crippen molar-refractivity contribution >= 4 is 22.0 Å². The number of rotatable bonds is 8. The fourth-order valence-electron chi connectivity index (χ4n) is 1.46. The Bertz CT molecular complexity index is 551. The van der Waals surface area contributed by atoms with E-state index in [4.69, 9.17) is 5.11 Å². The minimum atomic E-state index is -3.94. The van der Waals surface area contributed by atoms with Gasteiger partial charge in [-0.05, 0) is 19.4 Å². The number of hydrogen-bond donors (Lipinski definition) is 3. The first-order chi connectivity index (χ1) is 9.36. The second-order valence-corrected chi connectivity index (χ2v) is 5.62. The molecule has 0 saturated heterocycles. The lowest BCUT2D eigenvalue weighted by atomic mass is 10.2. The van der Waals surface area contributed by atoms with Crippen LogP contribution in [0.25, 0.3) is 0 Å². The molecule has 3 N–H and O–H groups in total. The second-order valence-electron chi connectivity index (χ2n) is 3.90. The third-order valence-electron chi connectivity index (χ3n) is 2.42. The third kappa shape index (κ3) is 4.67. The highest BCUT2D eigenvalue weighted by molar-refractivity contribution is 7.89. The minimum absolute atomic E-state index is 0.0696. The Hall–Kier alpha value is -1.87. The van der Waals surface area contributed by atoms with Crippen molar-refractivity contribution in [3.63, 3.8) is 0 Å². The normalized spacial score (nSPS) is 12.8. The highest BCUT2D eigenvalue weighted by Gasteiger charge is 2.26. The standard InChI is InChI=1S/C11H16N2O6S/c1-2-19-10(14)4-3-9(11(15)16)13-20(17,18)8-5-6-12-7-8/h5-7,9,12-13H,2-4H2,1H3,(H,15,16)/t9-/m0/s1. The predicted molar refractivity (Wildman–Crippen MR) is 68.4 cm³/mol. The van der Waals surface area contributed by atoms with Gasteiger partial charge in [0.25, 0.3) is 0 Å². The predicted octanol–water partition coefficient (Wildman–Crippen LogP) is 0.0895. The summed E-state index contributed by atoms with van der Waals surface area (Å²) >= 11 is 0. The summed E-state index contributed by atoms with van der Waals surface area (Å²) in [5, 5.41) is 8.99. The third-order valence-corrected chi connectivity index (χ3v) is 3.89. The number of aromatic nitrogens is 1. The number of aromatic amines is 1. The van der Waals surface area contributed by atoms with Gasteiger partial charge >= 0.3 is 11.9 Å². The topological polar surface area (TPSA) is 126 Å². The van der Waals surface area contributed by atoms with Crippen LogP contribution in [0.15, 0.2) is 23.4 Å². The van der Waals surface area contributed by atoms with Gasteiger partial charge in [0.15, 0.2) is 0 Å². The van der Waals surface area contributed by atoms with Crippen molar-refractivity contribution in [2.24, 2.45) is 0 Å². The van der Waals surface area contributed by atoms with E-state index in [0.717, 1.165) is 0 Å². The average molecular weight is 304 g/mol. The summed E-state index contributed by atoms with van der Waals surface area (Å²) in [7, 11) is -3.94. The van der Waals surface area contributed by atoms with Crippen molar-refractivity contribution in [1.29, 1.82) is 0 Å². The van der Waals surface area contributed by atoms with Gasteiger partial charge in [0.2, 0.25) is 10.0 Å². The lowest BCUT2D eigenvalue weighted by molar-refractivity contribution is -0.144. The smallest absolute Gasteiger partial charge is 0.321 e. The maximum atomic E-state index is 11.9. The summed E-state index contributed by atoms with van der Waals surface area (Å²) < 4.78 is 30.4. The second kappa shape index (κ2) is 7.06. The maximum Gasteiger partial charge on any atom is 0.321 e. The number of aliphatic carboxylic acids is 1. The SMILES string of the molecule is CCOC(=O)CC[C@H](NS(=O)(=O)c1cc[nH]c1)C(=O)O. The van der Waals surface area contributed by atoms with Gasteiger partial charge in [0, 0.05) is 18.8 Å². The zero-order valence-electron chi connectivity index (χ0n) is 10.8. The monoisotopic (exact) mass is 304 g/mol. The molecular formula is C11H16N2O6S. The van der Waals surface area contributed by atoms with Gasteiger partial charge in [0.1, 0.15) is 6.04 Å². The average Bonchev–Trinajstić information content (AvgIpc) is 2.89. The van der Waals surface area contributed by atoms with E-state index in [9.17, 15) is 18.0 Å². The number of carbonyl (C=O) groups is 2. The van der Waals surface area contributed by atoms with E-state index in [-0.39, 0.29) is 24.3 Å². The Balaban J connectivity index is 2.69. The molecule has 1 rings (SSSR count). The minimum Gasteiger partial charge on any atom is -0.480 e. The lowest BCUT2D eigenvalue weighted by Crippen LogP contribution is -2.41. The molecule has 0 aromatic carbocycles. The number of carbonyl (C=O) groups excluding carboxylic acids is 1. The molecule has 0 aliphatic carbocycles. The first kappa shape index (κ1) is 16.2. The van der Waals surface area contributed by atoms with Crippen molar-refractivity contribution in [2.45, 2.75) is 30.7 Å². The van der Waals surface area contributed by atoms with E-state index in [1.54, 1.807) is 6.92 Å². The Kier molecular flexibility index (Phi) is 5.71. The molecule has 0 radical (unpaired) electrons. The summed E-state index contributed by atoms with van der Waals surface area (Å²) in [6, 6.07) is -0.0913. The fourth-order valence-corrected chi connectivity index (χ4v) is 2.66. The van der Waals surface area contributed by atoms with E-state index in [2.05, 4.69) is 9.72 Å². The molecule has 1 aromatic heterocycles. The number of ether oxygens (including phenoxy) is 1. The molecule has 0 aliphatic heterocycles. The van der Waals surface area contributed by atoms with Crippen LogP contribution in [0, 0.1) is 0 Å². The number of carboxylic acids is 1. The fraction of sp³-hybridized carbons (Fsp3) is 0.455. The van der Waals surface area contributed by atoms with Crippen LogP contribution >= 0.6 is 0 Å². The Morgan fingerprint density at radius 3 is 2.70 bits per heavy atom. The molecule has 20 heavy (non-hydrogen) atoms. The van der Waals surface area contributed by atoms with E-state index >= 15 is 0 Å². The van der Waals surface area contributed by atoms with Crippen LogP contribution in [0.2, 0.25) is 0 Å². The maximum absolute atomic E-state index is 11.9. The lowest BCUT2D eigenvalue weighted by Gasteiger charge is -2.13. The van der Waals surface area contributed by atoms with Crippen LogP contribution < -0.4 is 4.72 Å². The van der Waals surface area contributed by atoms with Crippen LogP contribution in [0.4, 0.5) is 0 Å². The molecule has 0 unspecified atom stereocenters. The zero-order chi connectivity index (χ0) is 15.2. The molecule has 0 bridgehead atoms. The first-order valence-corrected chi connectivity index (χ1v) is 7.38. The van der Waals surface area contributed by atoms with Crippen LogP contribution in [0.5, 0.6) is 0 Å². The molecule has 112 valence electrons. The van der Waals surface area contributed by atoms with Gasteiger partial charge in [-0.25, -0.2) is 8.42 Å². The summed E-state index contributed by atoms with van der Waals surface area (Å²) in [5.74, 6) is -1.92. The van der Waals surface area contributed by atoms with Gasteiger partial charge in [-0.15, -0.1) is 0 Å². The number of sulfonamides is 1. The summed E-state index contributed by atoms with van der Waals surface area (Å²) in [6.07, 6.45) is 2.27. The highest BCUT2D eigenvalue weighted by atomic mass is 32.2. The molecule has 9 heteroatoms. The van der Waals surface area contributed by atoms with E-state index < -0.39 is 28.0 Å². The van der Waals surface area contributed by atoms with Crippen molar-refractivity contribution < 1.29 is 27.9 Å². The largest absolute Gasteiger partial charge is 0.480 e. The van der Waals surface area contributed by atoms with Gasteiger partial charge in [-0.3, -0.25) is 9.59 Å². The molecule has 1 aromatic rings. The van der Waals surface area contributed by atoms with Gasteiger partial charge in [-0.1, -0.05) is 0 Å². The Morgan fingerprint density at radius 1 is 1.50 bits per heavy atom. The van der Waals surface area contributed by atoms with Gasteiger partial charge in [-0.2, -0.15) is 4.72 Å². The van der Waals surface area contributed by atoms with Crippen molar-refractivity contribution in [3.8, 4) is 0 Å². The van der Waals surface area contributed by atoms with Gasteiger partial charge < -0.3 is 14.8 Å². The zero-order valence-corrected chi connectivity index (χ0v) is 11.6. The Morgan fingerprint density at radius 2 is 2.20 bits per heavy atom. The van der Waals surface area contributed by atoms with Crippen LogP contribution in [-0.2, 0) is 24.3 Å². The van der Waals surface area contributed by atoms with Crippen LogP contribution in [0.3, 0.4) is 0 Å². The summed E-state index contributed by atoms with van der Waals surface area (Å²) in [5.41, 5.74) is 0. The van der Waals surface area contributed by atoms with Crippen LogP contribution in [0.1, 0.15) is 19.8 Å². The summed E-state index contributed by atoms with van der Waals surface area (Å²) in [4.78, 5) is 24.7. The molecule has 0 fully saturated rings. The van der Waals surface area contributed by atoms with Crippen molar-refractivity contribution in [3.05, 3.63) is 18.5 Å². The first-order valence-electron chi connectivity index (χ1n) is 5.90. The van der Waals surface area contributed by atoms with E-state index in [0.29, 0.717) is 0 Å². The van der Waals surface area contributed by atoms with E-state index in [1.807, 2.05) is 4.72 Å². The van der Waals surface area contributed by atoms with E-state index in [1.165, 1.54) is 18.5 Å². The van der Waals surface area contributed by atoms with Crippen molar-refractivity contribution in [1.82, 2.24) is 9.71 Å². The molecule has 0 spiro atoms. The highest BCUT2D eigenvalue weighted by Crippen LogP contribution is 2.09.